The maximum Gasteiger partial charge on any atom is 0.142 e. The molecule has 0 fully saturated rings. The zero-order valence-corrected chi connectivity index (χ0v) is 12.8. The molecule has 16 heavy (non-hydrogen) atoms. The van der Waals surface area contributed by atoms with Crippen LogP contribution >= 0.6 is 50.3 Å². The number of hydrogen-bond acceptors (Lipinski definition) is 2. The lowest BCUT2D eigenvalue weighted by molar-refractivity contribution is 0.783. The Kier molecular flexibility index (Phi) is 3.01. The Morgan fingerprint density at radius 2 is 2.31 bits per heavy atom. The van der Waals surface area contributed by atoms with Gasteiger partial charge in [0.2, 0.25) is 0 Å². The number of rotatable bonds is 0. The topological polar surface area (TPSA) is 17.8 Å². The van der Waals surface area contributed by atoms with Gasteiger partial charge in [-0.2, -0.15) is 0 Å². The van der Waals surface area contributed by atoms with Crippen molar-refractivity contribution in [1.82, 2.24) is 9.55 Å². The summed E-state index contributed by atoms with van der Waals surface area (Å²) in [5, 5.41) is 0. The third-order valence-corrected chi connectivity index (χ3v) is 4.57. The maximum atomic E-state index is 4.60. The molecule has 0 saturated carbocycles. The lowest BCUT2D eigenvalue weighted by Crippen LogP contribution is -1.98. The van der Waals surface area contributed by atoms with E-state index < -0.39 is 0 Å². The summed E-state index contributed by atoms with van der Waals surface area (Å²) in [6.07, 6.45) is 2.12. The molecule has 82 valence electrons. The summed E-state index contributed by atoms with van der Waals surface area (Å²) in [4.78, 5) is 5.92. The van der Waals surface area contributed by atoms with E-state index in [1.807, 2.05) is 11.8 Å². The van der Waals surface area contributed by atoms with Gasteiger partial charge in [-0.1, -0.05) is 15.9 Å². The molecular weight excluding hydrogens is 399 g/mol. The average molecular weight is 407 g/mol. The predicted molar refractivity (Wildman–Crippen MR) is 78.8 cm³/mol. The Morgan fingerprint density at radius 1 is 1.44 bits per heavy atom. The van der Waals surface area contributed by atoms with Gasteiger partial charge in [0.15, 0.2) is 0 Å². The summed E-state index contributed by atoms with van der Waals surface area (Å²) in [7, 11) is 0. The molecule has 0 N–H and O–H groups in total. The highest BCUT2D eigenvalue weighted by atomic mass is 127. The van der Waals surface area contributed by atoms with Gasteiger partial charge in [0.1, 0.15) is 9.53 Å². The summed E-state index contributed by atoms with van der Waals surface area (Å²) in [5.74, 6) is 2.19. The lowest BCUT2D eigenvalue weighted by atomic mass is 10.2. The monoisotopic (exact) mass is 406 g/mol. The third-order valence-electron chi connectivity index (χ3n) is 2.52. The van der Waals surface area contributed by atoms with Crippen LogP contribution in [0.2, 0.25) is 0 Å². The van der Waals surface area contributed by atoms with Crippen molar-refractivity contribution in [3.63, 3.8) is 0 Å². The van der Waals surface area contributed by atoms with Crippen molar-refractivity contribution in [2.24, 2.45) is 0 Å². The minimum absolute atomic E-state index is 1.03. The number of fused-ring (bicyclic) bond motifs is 3. The highest BCUT2D eigenvalue weighted by Crippen LogP contribution is 2.36. The van der Waals surface area contributed by atoms with Gasteiger partial charge >= 0.3 is 0 Å². The number of hydrogen-bond donors (Lipinski definition) is 0. The van der Waals surface area contributed by atoms with Crippen molar-refractivity contribution in [2.75, 3.05) is 5.75 Å². The molecule has 1 aliphatic heterocycles. The van der Waals surface area contributed by atoms with Crippen LogP contribution in [0.3, 0.4) is 0 Å². The molecule has 2 heterocycles. The zero-order chi connectivity index (χ0) is 11.1. The normalized spacial score (nSPS) is 14.1. The summed E-state index contributed by atoms with van der Waals surface area (Å²) in [6, 6.07) is 6.40. The van der Waals surface area contributed by atoms with E-state index in [0.717, 1.165) is 26.3 Å². The zero-order valence-electron chi connectivity index (χ0n) is 8.28. The summed E-state index contributed by atoms with van der Waals surface area (Å²) in [5.41, 5.74) is 1.24. The van der Waals surface area contributed by atoms with E-state index in [1.54, 1.807) is 0 Å². The van der Waals surface area contributed by atoms with Gasteiger partial charge in [0, 0.05) is 33.4 Å². The second kappa shape index (κ2) is 4.34. The molecule has 1 aromatic carbocycles. The van der Waals surface area contributed by atoms with Crippen LogP contribution in [0, 0.1) is 3.70 Å². The molecule has 0 amide bonds. The van der Waals surface area contributed by atoms with Crippen molar-refractivity contribution in [2.45, 2.75) is 11.4 Å². The van der Waals surface area contributed by atoms with E-state index >= 15 is 0 Å². The summed E-state index contributed by atoms with van der Waals surface area (Å²) >= 11 is 7.69. The Bertz CT molecular complexity index is 553. The molecule has 0 atom stereocenters. The average Bonchev–Trinajstić information content (AvgIpc) is 2.52. The van der Waals surface area contributed by atoms with Gasteiger partial charge in [-0.3, -0.25) is 0 Å². The Balaban J connectivity index is 2.24. The van der Waals surface area contributed by atoms with Crippen molar-refractivity contribution in [3.8, 4) is 11.4 Å². The quantitative estimate of drug-likeness (QED) is 0.615. The highest BCUT2D eigenvalue weighted by Gasteiger charge is 2.16. The fourth-order valence-electron chi connectivity index (χ4n) is 1.82. The van der Waals surface area contributed by atoms with Crippen molar-refractivity contribution in [3.05, 3.63) is 32.6 Å². The van der Waals surface area contributed by atoms with Crippen molar-refractivity contribution in [1.29, 1.82) is 0 Å². The molecule has 0 bridgehead atoms. The molecule has 1 aliphatic rings. The number of aryl methyl sites for hydroxylation is 1. The molecule has 3 rings (SSSR count). The minimum Gasteiger partial charge on any atom is -0.329 e. The molecule has 0 radical (unpaired) electrons. The first kappa shape index (κ1) is 11.1. The number of nitrogens with zero attached hydrogens (tertiary/aromatic N) is 2. The third kappa shape index (κ3) is 1.93. The SMILES string of the molecule is Brc1ccc2c(c1)SCCn1cc(I)nc1-2. The predicted octanol–water partition coefficient (Wildman–Crippen LogP) is 4.02. The number of aromatic nitrogens is 2. The fraction of sp³-hybridized carbons (Fsp3) is 0.182. The summed E-state index contributed by atoms with van der Waals surface area (Å²) in [6.45, 7) is 1.03. The van der Waals surface area contributed by atoms with Crippen LogP contribution < -0.4 is 0 Å². The fourth-order valence-corrected chi connectivity index (χ4v) is 3.93. The maximum absolute atomic E-state index is 4.60. The number of benzene rings is 1. The van der Waals surface area contributed by atoms with E-state index in [1.165, 1.54) is 10.5 Å². The number of halogens is 2. The second-order valence-corrected chi connectivity index (χ2v) is 6.73. The van der Waals surface area contributed by atoms with Gasteiger partial charge in [-0.05, 0) is 40.8 Å². The molecule has 0 aliphatic carbocycles. The lowest BCUT2D eigenvalue weighted by Gasteiger charge is -2.04. The van der Waals surface area contributed by atoms with Crippen LogP contribution in [-0.4, -0.2) is 15.3 Å². The van der Waals surface area contributed by atoms with E-state index in [4.69, 9.17) is 0 Å². The van der Waals surface area contributed by atoms with Crippen LogP contribution in [0.5, 0.6) is 0 Å². The van der Waals surface area contributed by atoms with Gasteiger partial charge in [0.25, 0.3) is 0 Å². The van der Waals surface area contributed by atoms with Crippen molar-refractivity contribution >= 4 is 50.3 Å². The van der Waals surface area contributed by atoms with E-state index in [0.29, 0.717) is 0 Å². The molecule has 0 spiro atoms. The molecule has 5 heteroatoms. The van der Waals surface area contributed by atoms with E-state index in [9.17, 15) is 0 Å². The second-order valence-electron chi connectivity index (χ2n) is 3.57. The molecule has 0 saturated heterocycles. The van der Waals surface area contributed by atoms with E-state index in [2.05, 4.69) is 72.5 Å². The minimum atomic E-state index is 1.03. The van der Waals surface area contributed by atoms with Crippen LogP contribution in [-0.2, 0) is 6.54 Å². The largest absolute Gasteiger partial charge is 0.329 e. The van der Waals surface area contributed by atoms with Crippen LogP contribution in [0.15, 0.2) is 33.8 Å². The smallest absolute Gasteiger partial charge is 0.142 e. The standard InChI is InChI=1S/C11H8BrIN2S/c12-7-1-2-8-9(5-7)16-4-3-15-6-10(13)14-11(8)15/h1-2,5-6H,3-4H2. The van der Waals surface area contributed by atoms with Gasteiger partial charge in [-0.25, -0.2) is 4.98 Å². The summed E-state index contributed by atoms with van der Waals surface area (Å²) < 4.78 is 4.44. The highest BCUT2D eigenvalue weighted by molar-refractivity contribution is 14.1. The van der Waals surface area contributed by atoms with Crippen LogP contribution in [0.25, 0.3) is 11.4 Å². The van der Waals surface area contributed by atoms with E-state index in [-0.39, 0.29) is 0 Å². The number of thioether (sulfide) groups is 1. The van der Waals surface area contributed by atoms with Gasteiger partial charge in [0.05, 0.1) is 0 Å². The van der Waals surface area contributed by atoms with Crippen LogP contribution in [0.1, 0.15) is 0 Å². The first-order valence-electron chi connectivity index (χ1n) is 4.89. The molecule has 1 aromatic heterocycles. The molecule has 2 aromatic rings. The van der Waals surface area contributed by atoms with Gasteiger partial charge < -0.3 is 4.57 Å². The Morgan fingerprint density at radius 3 is 3.19 bits per heavy atom. The Labute approximate surface area is 120 Å². The molecule has 0 unspecified atom stereocenters. The van der Waals surface area contributed by atoms with Crippen LogP contribution in [0.4, 0.5) is 0 Å². The first-order valence-corrected chi connectivity index (χ1v) is 7.75. The Hall–Kier alpha value is -0.0100. The molecule has 2 nitrogen and oxygen atoms in total. The molecular formula is C11H8BrIN2S. The van der Waals surface area contributed by atoms with Gasteiger partial charge in [-0.15, -0.1) is 11.8 Å². The first-order chi connectivity index (χ1) is 7.74. The number of imidazole rings is 1. The van der Waals surface area contributed by atoms with Crippen molar-refractivity contribution < 1.29 is 0 Å².